The fourth-order valence-electron chi connectivity index (χ4n) is 2.08. The van der Waals surface area contributed by atoms with Gasteiger partial charge in [0.15, 0.2) is 0 Å². The fourth-order valence-corrected chi connectivity index (χ4v) is 2.29. The van der Waals surface area contributed by atoms with Gasteiger partial charge in [0.05, 0.1) is 5.88 Å². The summed E-state index contributed by atoms with van der Waals surface area (Å²) in [6.07, 6.45) is -0.380. The number of alkyl halides is 1. The van der Waals surface area contributed by atoms with Crippen molar-refractivity contribution >= 4 is 35.2 Å². The van der Waals surface area contributed by atoms with Crippen LogP contribution < -0.4 is 0 Å². The monoisotopic (exact) mass is 330 g/mol. The minimum atomic E-state index is -0.380. The third-order valence-electron chi connectivity index (χ3n) is 3.22. The lowest BCUT2D eigenvalue weighted by molar-refractivity contribution is 0.0572. The molecule has 5 nitrogen and oxygen atoms in total. The van der Waals surface area contributed by atoms with Crippen LogP contribution in [0.1, 0.15) is 10.4 Å². The first kappa shape index (κ1) is 15.9. The molecule has 0 radical (unpaired) electrons. The Bertz CT molecular complexity index is 499. The summed E-state index contributed by atoms with van der Waals surface area (Å²) < 4.78 is 4.96. The number of amides is 2. The van der Waals surface area contributed by atoms with E-state index in [-0.39, 0.29) is 24.5 Å². The Morgan fingerprint density at radius 2 is 1.62 bits per heavy atom. The molecular weight excluding hydrogens is 315 g/mol. The van der Waals surface area contributed by atoms with Crippen LogP contribution in [0, 0.1) is 0 Å². The first-order chi connectivity index (χ1) is 10.1. The van der Waals surface area contributed by atoms with Crippen LogP contribution in [0.25, 0.3) is 0 Å². The molecule has 114 valence electrons. The summed E-state index contributed by atoms with van der Waals surface area (Å²) in [6, 6.07) is 6.78. The predicted molar refractivity (Wildman–Crippen MR) is 81.0 cm³/mol. The van der Waals surface area contributed by atoms with Crippen molar-refractivity contribution in [2.45, 2.75) is 0 Å². The Labute approximate surface area is 133 Å². The summed E-state index contributed by atoms with van der Waals surface area (Å²) >= 11 is 11.3. The number of hydrogen-bond donors (Lipinski definition) is 0. The molecule has 2 rings (SSSR count). The fraction of sp³-hybridized carbons (Fsp3) is 0.429. The minimum Gasteiger partial charge on any atom is -0.448 e. The van der Waals surface area contributed by atoms with Crippen LogP contribution in [0.5, 0.6) is 0 Å². The molecule has 1 fully saturated rings. The van der Waals surface area contributed by atoms with Gasteiger partial charge < -0.3 is 14.5 Å². The molecule has 7 heteroatoms. The molecule has 1 saturated heterocycles. The standard InChI is InChI=1S/C14H16Cl2N2O3/c15-5-10-21-14(20)18-8-6-17(7-9-18)13(19)11-1-3-12(16)4-2-11/h1-4H,5-10H2. The molecule has 1 aliphatic heterocycles. The maximum atomic E-state index is 12.3. The highest BCUT2D eigenvalue weighted by molar-refractivity contribution is 6.30. The molecule has 1 aliphatic rings. The number of nitrogens with zero attached hydrogens (tertiary/aromatic N) is 2. The topological polar surface area (TPSA) is 49.9 Å². The third kappa shape index (κ3) is 4.25. The van der Waals surface area contributed by atoms with Gasteiger partial charge in [-0.15, -0.1) is 11.6 Å². The molecule has 0 saturated carbocycles. The van der Waals surface area contributed by atoms with Crippen LogP contribution in [0.15, 0.2) is 24.3 Å². The van der Waals surface area contributed by atoms with Crippen molar-refractivity contribution in [1.82, 2.24) is 9.80 Å². The molecule has 2 amide bonds. The van der Waals surface area contributed by atoms with Crippen molar-refractivity contribution < 1.29 is 14.3 Å². The van der Waals surface area contributed by atoms with Gasteiger partial charge in [-0.3, -0.25) is 4.79 Å². The van der Waals surface area contributed by atoms with E-state index in [4.69, 9.17) is 27.9 Å². The van der Waals surface area contributed by atoms with E-state index in [0.29, 0.717) is 36.8 Å². The maximum Gasteiger partial charge on any atom is 0.409 e. The number of halogens is 2. The quantitative estimate of drug-likeness (QED) is 0.800. The van der Waals surface area contributed by atoms with Crippen LogP contribution >= 0.6 is 23.2 Å². The Morgan fingerprint density at radius 3 is 2.19 bits per heavy atom. The first-order valence-electron chi connectivity index (χ1n) is 6.64. The first-order valence-corrected chi connectivity index (χ1v) is 7.55. The Morgan fingerprint density at radius 1 is 1.05 bits per heavy atom. The predicted octanol–water partition coefficient (Wildman–Crippen LogP) is 2.47. The van der Waals surface area contributed by atoms with Crippen LogP contribution in [0.4, 0.5) is 4.79 Å². The van der Waals surface area contributed by atoms with E-state index in [1.807, 2.05) is 0 Å². The van der Waals surface area contributed by atoms with Crippen LogP contribution in [0.3, 0.4) is 0 Å². The highest BCUT2D eigenvalue weighted by Gasteiger charge is 2.25. The molecule has 0 aliphatic carbocycles. The van der Waals surface area contributed by atoms with Crippen molar-refractivity contribution in [2.75, 3.05) is 38.7 Å². The second-order valence-corrected chi connectivity index (χ2v) is 5.40. The van der Waals surface area contributed by atoms with Crippen molar-refractivity contribution in [3.63, 3.8) is 0 Å². The molecule has 21 heavy (non-hydrogen) atoms. The lowest BCUT2D eigenvalue weighted by Gasteiger charge is -2.34. The molecule has 0 atom stereocenters. The van der Waals surface area contributed by atoms with E-state index in [1.165, 1.54) is 0 Å². The molecule has 1 heterocycles. The van der Waals surface area contributed by atoms with E-state index < -0.39 is 0 Å². The van der Waals surface area contributed by atoms with E-state index in [0.717, 1.165) is 0 Å². The van der Waals surface area contributed by atoms with E-state index in [9.17, 15) is 9.59 Å². The van der Waals surface area contributed by atoms with Gasteiger partial charge in [-0.05, 0) is 24.3 Å². The summed E-state index contributed by atoms with van der Waals surface area (Å²) in [6.45, 7) is 2.08. The lowest BCUT2D eigenvalue weighted by Crippen LogP contribution is -2.50. The number of piperazine rings is 1. The number of benzene rings is 1. The third-order valence-corrected chi connectivity index (χ3v) is 3.63. The van der Waals surface area contributed by atoms with E-state index in [1.54, 1.807) is 34.1 Å². The van der Waals surface area contributed by atoms with Crippen molar-refractivity contribution in [3.8, 4) is 0 Å². The van der Waals surface area contributed by atoms with Gasteiger partial charge in [-0.2, -0.15) is 0 Å². The van der Waals surface area contributed by atoms with Crippen LogP contribution in [-0.4, -0.2) is 60.5 Å². The van der Waals surface area contributed by atoms with Gasteiger partial charge in [0.2, 0.25) is 0 Å². The van der Waals surface area contributed by atoms with Crippen LogP contribution in [-0.2, 0) is 4.74 Å². The van der Waals surface area contributed by atoms with Gasteiger partial charge in [-0.25, -0.2) is 4.79 Å². The van der Waals surface area contributed by atoms with Gasteiger partial charge in [0.25, 0.3) is 5.91 Å². The molecule has 1 aromatic rings. The normalized spacial score (nSPS) is 15.0. The Balaban J connectivity index is 1.87. The van der Waals surface area contributed by atoms with E-state index in [2.05, 4.69) is 0 Å². The minimum absolute atomic E-state index is 0.0551. The van der Waals surface area contributed by atoms with Gasteiger partial charge >= 0.3 is 6.09 Å². The zero-order valence-corrected chi connectivity index (χ0v) is 12.9. The average Bonchev–Trinajstić information content (AvgIpc) is 2.53. The molecule has 0 N–H and O–H groups in total. The number of rotatable bonds is 3. The Hall–Kier alpha value is -1.46. The van der Waals surface area contributed by atoms with Crippen molar-refractivity contribution in [3.05, 3.63) is 34.9 Å². The van der Waals surface area contributed by atoms with E-state index >= 15 is 0 Å². The summed E-state index contributed by atoms with van der Waals surface area (Å²) in [5.41, 5.74) is 0.595. The molecular formula is C14H16Cl2N2O3. The number of hydrogen-bond acceptors (Lipinski definition) is 3. The van der Waals surface area contributed by atoms with Crippen molar-refractivity contribution in [1.29, 1.82) is 0 Å². The SMILES string of the molecule is O=C(OCCCl)N1CCN(C(=O)c2ccc(Cl)cc2)CC1. The van der Waals surface area contributed by atoms with Gasteiger partial charge in [-0.1, -0.05) is 11.6 Å². The molecule has 0 unspecified atom stereocenters. The summed E-state index contributed by atoms with van der Waals surface area (Å²) in [5, 5.41) is 0.596. The molecule has 1 aromatic carbocycles. The van der Waals surface area contributed by atoms with Crippen LogP contribution in [0.2, 0.25) is 5.02 Å². The maximum absolute atomic E-state index is 12.3. The Kier molecular flexibility index (Phi) is 5.70. The summed E-state index contributed by atoms with van der Waals surface area (Å²) in [4.78, 5) is 27.3. The number of carbonyl (C=O) groups is 2. The molecule has 0 bridgehead atoms. The highest BCUT2D eigenvalue weighted by Crippen LogP contribution is 2.13. The lowest BCUT2D eigenvalue weighted by atomic mass is 10.2. The molecule has 0 aromatic heterocycles. The van der Waals surface area contributed by atoms with Gasteiger partial charge in [0.1, 0.15) is 6.61 Å². The summed E-state index contributed by atoms with van der Waals surface area (Å²) in [5.74, 6) is 0.223. The molecule has 0 spiro atoms. The second-order valence-electron chi connectivity index (χ2n) is 4.59. The largest absolute Gasteiger partial charge is 0.448 e. The average molecular weight is 331 g/mol. The zero-order valence-electron chi connectivity index (χ0n) is 11.4. The van der Waals surface area contributed by atoms with Gasteiger partial charge in [0, 0.05) is 36.8 Å². The van der Waals surface area contributed by atoms with Crippen molar-refractivity contribution in [2.24, 2.45) is 0 Å². The number of carbonyl (C=O) groups excluding carboxylic acids is 2. The highest BCUT2D eigenvalue weighted by atomic mass is 35.5. The number of ether oxygens (including phenoxy) is 1. The smallest absolute Gasteiger partial charge is 0.409 e. The second kappa shape index (κ2) is 7.52. The summed E-state index contributed by atoms with van der Waals surface area (Å²) in [7, 11) is 0. The zero-order chi connectivity index (χ0) is 15.2.